The smallest absolute Gasteiger partial charge is 0.253 e. The highest BCUT2D eigenvalue weighted by Crippen LogP contribution is 2.28. The predicted molar refractivity (Wildman–Crippen MR) is 105 cm³/mol. The molecular weight excluding hydrogens is 354 g/mol. The van der Waals surface area contributed by atoms with E-state index in [0.29, 0.717) is 38.2 Å². The first-order valence-electron chi connectivity index (χ1n) is 10.2. The van der Waals surface area contributed by atoms with Crippen molar-refractivity contribution < 1.29 is 9.59 Å². The van der Waals surface area contributed by atoms with Crippen LogP contribution < -0.4 is 0 Å². The molecule has 28 heavy (non-hydrogen) atoms. The third-order valence-electron chi connectivity index (χ3n) is 5.96. The highest BCUT2D eigenvalue weighted by molar-refractivity contribution is 5.94. The molecule has 2 aromatic rings. The fraction of sp³-hybridized carbons (Fsp3) is 0.524. The molecule has 7 heteroatoms. The van der Waals surface area contributed by atoms with Gasteiger partial charge in [0.2, 0.25) is 5.91 Å². The van der Waals surface area contributed by atoms with Crippen LogP contribution in [0.15, 0.2) is 36.9 Å². The Labute approximate surface area is 165 Å². The van der Waals surface area contributed by atoms with E-state index < -0.39 is 0 Å². The molecule has 0 atom stereocenters. The number of carbonyl (C=O) groups is 2. The van der Waals surface area contributed by atoms with Gasteiger partial charge in [-0.15, -0.1) is 0 Å². The molecule has 2 aliphatic rings. The fourth-order valence-electron chi connectivity index (χ4n) is 4.22. The lowest BCUT2D eigenvalue weighted by Gasteiger charge is -2.35. The number of benzene rings is 1. The maximum absolute atomic E-state index is 12.8. The summed E-state index contributed by atoms with van der Waals surface area (Å²) in [5.74, 6) is 1.01. The highest BCUT2D eigenvalue weighted by Gasteiger charge is 2.25. The van der Waals surface area contributed by atoms with Gasteiger partial charge in [-0.1, -0.05) is 25.7 Å². The van der Waals surface area contributed by atoms with Crippen molar-refractivity contribution >= 4 is 11.8 Å². The standard InChI is InChI=1S/C21H27N5O2/c27-20(10-5-17-3-1-2-4-17)24-11-13-25(14-12-24)21(28)18-6-8-19(9-7-18)26-16-22-15-23-26/h6-9,15-17H,1-5,10-14H2. The molecule has 7 nitrogen and oxygen atoms in total. The van der Waals surface area contributed by atoms with Crippen molar-refractivity contribution in [3.05, 3.63) is 42.5 Å². The Kier molecular flexibility index (Phi) is 5.69. The van der Waals surface area contributed by atoms with Crippen LogP contribution in [0, 0.1) is 5.92 Å². The summed E-state index contributed by atoms with van der Waals surface area (Å²) in [5.41, 5.74) is 1.52. The molecule has 148 valence electrons. The minimum atomic E-state index is 0.0168. The maximum Gasteiger partial charge on any atom is 0.253 e. The first-order chi connectivity index (χ1) is 13.7. The minimum Gasteiger partial charge on any atom is -0.339 e. The van der Waals surface area contributed by atoms with Crippen molar-refractivity contribution in [2.45, 2.75) is 38.5 Å². The number of rotatable bonds is 5. The lowest BCUT2D eigenvalue weighted by molar-refractivity contribution is -0.133. The van der Waals surface area contributed by atoms with Crippen molar-refractivity contribution in [1.82, 2.24) is 24.6 Å². The van der Waals surface area contributed by atoms with Crippen LogP contribution in [0.1, 0.15) is 48.9 Å². The van der Waals surface area contributed by atoms with Crippen molar-refractivity contribution in [2.75, 3.05) is 26.2 Å². The van der Waals surface area contributed by atoms with Gasteiger partial charge in [0.25, 0.3) is 5.91 Å². The van der Waals surface area contributed by atoms with Crippen LogP contribution in [0.4, 0.5) is 0 Å². The van der Waals surface area contributed by atoms with Crippen LogP contribution in [-0.2, 0) is 4.79 Å². The van der Waals surface area contributed by atoms with Gasteiger partial charge in [0.15, 0.2) is 0 Å². The van der Waals surface area contributed by atoms with Crippen molar-refractivity contribution in [3.8, 4) is 5.69 Å². The van der Waals surface area contributed by atoms with Gasteiger partial charge in [-0.2, -0.15) is 5.10 Å². The number of aromatic nitrogens is 3. The number of amides is 2. The predicted octanol–water partition coefficient (Wildman–Crippen LogP) is 2.52. The number of nitrogens with zero attached hydrogens (tertiary/aromatic N) is 5. The molecule has 1 aromatic carbocycles. The third-order valence-corrected chi connectivity index (χ3v) is 5.96. The lowest BCUT2D eigenvalue weighted by Crippen LogP contribution is -2.50. The number of piperazine rings is 1. The zero-order chi connectivity index (χ0) is 19.3. The highest BCUT2D eigenvalue weighted by atomic mass is 16.2. The van der Waals surface area contributed by atoms with Gasteiger partial charge in [-0.05, 0) is 36.6 Å². The number of carbonyl (C=O) groups excluding carboxylic acids is 2. The van der Waals surface area contributed by atoms with Gasteiger partial charge in [0, 0.05) is 38.2 Å². The van der Waals surface area contributed by atoms with E-state index in [1.54, 1.807) is 11.0 Å². The Bertz CT molecular complexity index is 789. The van der Waals surface area contributed by atoms with Gasteiger partial charge in [-0.25, -0.2) is 9.67 Å². The summed E-state index contributed by atoms with van der Waals surface area (Å²) in [7, 11) is 0. The summed E-state index contributed by atoms with van der Waals surface area (Å²) in [6, 6.07) is 7.37. The summed E-state index contributed by atoms with van der Waals surface area (Å²) in [4.78, 5) is 32.9. The summed E-state index contributed by atoms with van der Waals surface area (Å²) >= 11 is 0. The van der Waals surface area contributed by atoms with Crippen LogP contribution in [0.3, 0.4) is 0 Å². The van der Waals surface area contributed by atoms with E-state index in [0.717, 1.165) is 18.0 Å². The Morgan fingerprint density at radius 3 is 2.29 bits per heavy atom. The van der Waals surface area contributed by atoms with E-state index in [9.17, 15) is 9.59 Å². The Morgan fingerprint density at radius 1 is 0.964 bits per heavy atom. The maximum atomic E-state index is 12.8. The van der Waals surface area contributed by atoms with E-state index in [1.165, 1.54) is 32.0 Å². The van der Waals surface area contributed by atoms with Gasteiger partial charge >= 0.3 is 0 Å². The Hall–Kier alpha value is -2.70. The summed E-state index contributed by atoms with van der Waals surface area (Å²) < 4.78 is 1.66. The lowest BCUT2D eigenvalue weighted by atomic mass is 10.0. The average Bonchev–Trinajstić information content (AvgIpc) is 3.46. The molecule has 0 N–H and O–H groups in total. The second-order valence-electron chi connectivity index (χ2n) is 7.75. The van der Waals surface area contributed by atoms with Crippen LogP contribution in [-0.4, -0.2) is 62.6 Å². The van der Waals surface area contributed by atoms with Crippen LogP contribution in [0.2, 0.25) is 0 Å². The molecule has 1 aliphatic carbocycles. The van der Waals surface area contributed by atoms with E-state index >= 15 is 0 Å². The van der Waals surface area contributed by atoms with Crippen LogP contribution >= 0.6 is 0 Å². The summed E-state index contributed by atoms with van der Waals surface area (Å²) in [5, 5.41) is 4.09. The Balaban J connectivity index is 1.27. The van der Waals surface area contributed by atoms with Crippen molar-refractivity contribution in [2.24, 2.45) is 5.92 Å². The summed E-state index contributed by atoms with van der Waals surface area (Å²) in [6.45, 7) is 2.45. The molecule has 2 fully saturated rings. The number of hydrogen-bond donors (Lipinski definition) is 0. The normalized spacial score (nSPS) is 17.9. The zero-order valence-electron chi connectivity index (χ0n) is 16.2. The quantitative estimate of drug-likeness (QED) is 0.798. The van der Waals surface area contributed by atoms with Crippen molar-refractivity contribution in [1.29, 1.82) is 0 Å². The van der Waals surface area contributed by atoms with Crippen molar-refractivity contribution in [3.63, 3.8) is 0 Å². The minimum absolute atomic E-state index is 0.0168. The molecular formula is C21H27N5O2. The first kappa shape index (κ1) is 18.7. The van der Waals surface area contributed by atoms with E-state index in [4.69, 9.17) is 0 Å². The summed E-state index contributed by atoms with van der Waals surface area (Å²) in [6.07, 6.45) is 9.99. The molecule has 1 saturated carbocycles. The molecule has 2 amide bonds. The fourth-order valence-corrected chi connectivity index (χ4v) is 4.22. The Morgan fingerprint density at radius 2 is 1.64 bits per heavy atom. The molecule has 1 aliphatic heterocycles. The largest absolute Gasteiger partial charge is 0.339 e. The molecule has 0 radical (unpaired) electrons. The molecule has 1 saturated heterocycles. The molecule has 4 rings (SSSR count). The molecule has 0 unspecified atom stereocenters. The van der Waals surface area contributed by atoms with Gasteiger partial charge in [0.05, 0.1) is 5.69 Å². The van der Waals surface area contributed by atoms with Crippen LogP contribution in [0.25, 0.3) is 5.69 Å². The van der Waals surface area contributed by atoms with Gasteiger partial charge < -0.3 is 9.80 Å². The number of hydrogen-bond acceptors (Lipinski definition) is 4. The van der Waals surface area contributed by atoms with Crippen LogP contribution in [0.5, 0.6) is 0 Å². The van der Waals surface area contributed by atoms with Gasteiger partial charge in [-0.3, -0.25) is 9.59 Å². The third kappa shape index (κ3) is 4.24. The molecule has 0 bridgehead atoms. The van der Waals surface area contributed by atoms with E-state index in [2.05, 4.69) is 10.1 Å². The molecule has 2 heterocycles. The average molecular weight is 381 g/mol. The SMILES string of the molecule is O=C(CCC1CCCC1)N1CCN(C(=O)c2ccc(-n3cncn3)cc2)CC1. The molecule has 1 aromatic heterocycles. The van der Waals surface area contributed by atoms with E-state index in [-0.39, 0.29) is 11.8 Å². The first-order valence-corrected chi connectivity index (χ1v) is 10.2. The zero-order valence-corrected chi connectivity index (χ0v) is 16.2. The van der Waals surface area contributed by atoms with E-state index in [1.807, 2.05) is 34.1 Å². The molecule has 0 spiro atoms. The monoisotopic (exact) mass is 381 g/mol. The topological polar surface area (TPSA) is 71.3 Å². The van der Waals surface area contributed by atoms with Gasteiger partial charge in [0.1, 0.15) is 12.7 Å². The second kappa shape index (κ2) is 8.54. The second-order valence-corrected chi connectivity index (χ2v) is 7.75.